The van der Waals surface area contributed by atoms with Crippen LogP contribution in [0, 0.1) is 5.82 Å². The van der Waals surface area contributed by atoms with E-state index in [4.69, 9.17) is 4.74 Å². The second-order valence-corrected chi connectivity index (χ2v) is 8.36. The van der Waals surface area contributed by atoms with E-state index in [1.165, 1.54) is 17.4 Å². The summed E-state index contributed by atoms with van der Waals surface area (Å²) in [4.78, 5) is 26.5. The van der Waals surface area contributed by atoms with Crippen molar-refractivity contribution in [1.82, 2.24) is 5.32 Å². The Balaban J connectivity index is 1.75. The van der Waals surface area contributed by atoms with Gasteiger partial charge in [0.05, 0.1) is 18.2 Å². The predicted octanol–water partition coefficient (Wildman–Crippen LogP) is 4.62. The number of halogens is 1. The summed E-state index contributed by atoms with van der Waals surface area (Å²) in [7, 11) is 0. The number of anilines is 1. The predicted molar refractivity (Wildman–Crippen MR) is 113 cm³/mol. The third-order valence-electron chi connectivity index (χ3n) is 5.15. The van der Waals surface area contributed by atoms with Crippen molar-refractivity contribution >= 4 is 28.2 Å². The summed E-state index contributed by atoms with van der Waals surface area (Å²) >= 11 is 1.46. The summed E-state index contributed by atoms with van der Waals surface area (Å²) in [6.07, 6.45) is 3.86. The van der Waals surface area contributed by atoms with E-state index >= 15 is 0 Å². The number of amides is 1. The number of thiophene rings is 1. The van der Waals surface area contributed by atoms with E-state index < -0.39 is 6.04 Å². The molecule has 2 unspecified atom stereocenters. The number of carbonyl (C=O) groups is 2. The van der Waals surface area contributed by atoms with Gasteiger partial charge in [-0.05, 0) is 58.1 Å². The molecule has 7 heteroatoms. The number of hydrogen-bond acceptors (Lipinski definition) is 5. The molecule has 3 rings (SSSR count). The van der Waals surface area contributed by atoms with Gasteiger partial charge in [-0.25, -0.2) is 9.18 Å². The van der Waals surface area contributed by atoms with Crippen LogP contribution < -0.4 is 10.6 Å². The molecule has 2 atom stereocenters. The van der Waals surface area contributed by atoms with Gasteiger partial charge < -0.3 is 10.1 Å². The number of rotatable bonds is 7. The smallest absolute Gasteiger partial charge is 0.341 e. The van der Waals surface area contributed by atoms with Crippen LogP contribution in [-0.4, -0.2) is 24.5 Å². The largest absolute Gasteiger partial charge is 0.462 e. The molecule has 1 aliphatic rings. The van der Waals surface area contributed by atoms with Crippen LogP contribution in [0.15, 0.2) is 24.3 Å². The van der Waals surface area contributed by atoms with Crippen molar-refractivity contribution < 1.29 is 18.7 Å². The molecular weight excluding hydrogens is 391 g/mol. The molecule has 0 saturated heterocycles. The van der Waals surface area contributed by atoms with Crippen LogP contribution in [0.4, 0.5) is 9.39 Å². The van der Waals surface area contributed by atoms with Gasteiger partial charge in [-0.15, -0.1) is 11.3 Å². The van der Waals surface area contributed by atoms with Crippen LogP contribution in [0.25, 0.3) is 0 Å². The van der Waals surface area contributed by atoms with Gasteiger partial charge in [0.15, 0.2) is 0 Å². The first-order valence-corrected chi connectivity index (χ1v) is 10.9. The quantitative estimate of drug-likeness (QED) is 0.644. The van der Waals surface area contributed by atoms with Crippen LogP contribution >= 0.6 is 11.3 Å². The van der Waals surface area contributed by atoms with Gasteiger partial charge in [0.2, 0.25) is 5.91 Å². The monoisotopic (exact) mass is 418 g/mol. The van der Waals surface area contributed by atoms with Gasteiger partial charge in [-0.2, -0.15) is 0 Å². The first-order valence-electron chi connectivity index (χ1n) is 10.0. The zero-order valence-electron chi connectivity index (χ0n) is 17.0. The summed E-state index contributed by atoms with van der Waals surface area (Å²) in [5.74, 6) is -0.962. The molecule has 0 saturated carbocycles. The minimum atomic E-state index is -0.571. The summed E-state index contributed by atoms with van der Waals surface area (Å²) in [6, 6.07) is 5.60. The SMILES string of the molecule is CCOC(=O)c1c(NC(=O)C(C)NC(C)c2ccccc2F)sc2c1CCCC2. The Bertz CT molecular complexity index is 896. The first kappa shape index (κ1) is 21.5. The number of ether oxygens (including phenoxy) is 1. The summed E-state index contributed by atoms with van der Waals surface area (Å²) < 4.78 is 19.2. The number of esters is 1. The average molecular weight is 419 g/mol. The molecule has 1 aliphatic carbocycles. The summed E-state index contributed by atoms with van der Waals surface area (Å²) in [5.41, 5.74) is 2.01. The van der Waals surface area contributed by atoms with Crippen molar-refractivity contribution in [2.24, 2.45) is 0 Å². The maximum Gasteiger partial charge on any atom is 0.341 e. The van der Waals surface area contributed by atoms with Gasteiger partial charge in [0.1, 0.15) is 10.8 Å². The van der Waals surface area contributed by atoms with Gasteiger partial charge in [0.25, 0.3) is 0 Å². The topological polar surface area (TPSA) is 67.4 Å². The zero-order valence-corrected chi connectivity index (χ0v) is 17.8. The molecule has 0 fully saturated rings. The standard InChI is InChI=1S/C22H27FN2O3S/c1-4-28-22(27)19-16-10-6-8-12-18(16)29-21(19)25-20(26)14(3)24-13(2)15-9-5-7-11-17(15)23/h5,7,9,11,13-14,24H,4,6,8,10,12H2,1-3H3,(H,25,26). The maximum atomic E-state index is 14.0. The highest BCUT2D eigenvalue weighted by Gasteiger charge is 2.28. The third kappa shape index (κ3) is 4.85. The fourth-order valence-electron chi connectivity index (χ4n) is 3.66. The zero-order chi connectivity index (χ0) is 21.0. The van der Waals surface area contributed by atoms with Crippen LogP contribution in [0.1, 0.15) is 66.0 Å². The van der Waals surface area contributed by atoms with Crippen LogP contribution in [0.5, 0.6) is 0 Å². The van der Waals surface area contributed by atoms with E-state index in [1.807, 2.05) is 6.92 Å². The molecule has 0 spiro atoms. The molecule has 1 aromatic carbocycles. The molecule has 1 aromatic heterocycles. The fraction of sp³-hybridized carbons (Fsp3) is 0.455. The van der Waals surface area contributed by atoms with Crippen molar-refractivity contribution in [1.29, 1.82) is 0 Å². The van der Waals surface area contributed by atoms with Crippen molar-refractivity contribution in [3.8, 4) is 0 Å². The van der Waals surface area contributed by atoms with Crippen molar-refractivity contribution in [2.75, 3.05) is 11.9 Å². The lowest BCUT2D eigenvalue weighted by molar-refractivity contribution is -0.117. The molecule has 156 valence electrons. The molecular formula is C22H27FN2O3S. The number of fused-ring (bicyclic) bond motifs is 1. The third-order valence-corrected chi connectivity index (χ3v) is 6.36. The van der Waals surface area contributed by atoms with Gasteiger partial charge in [0, 0.05) is 16.5 Å². The summed E-state index contributed by atoms with van der Waals surface area (Å²) in [6.45, 7) is 5.60. The minimum absolute atomic E-state index is 0.266. The van der Waals surface area contributed by atoms with E-state index in [9.17, 15) is 14.0 Å². The van der Waals surface area contributed by atoms with Crippen LogP contribution in [0.3, 0.4) is 0 Å². The molecule has 29 heavy (non-hydrogen) atoms. The Hall–Kier alpha value is -2.25. The summed E-state index contributed by atoms with van der Waals surface area (Å²) in [5, 5.41) is 6.58. The lowest BCUT2D eigenvalue weighted by atomic mass is 9.95. The molecule has 5 nitrogen and oxygen atoms in total. The Labute approximate surface area is 174 Å². The number of hydrogen-bond donors (Lipinski definition) is 2. The Morgan fingerprint density at radius 1 is 1.21 bits per heavy atom. The lowest BCUT2D eigenvalue weighted by Crippen LogP contribution is -2.39. The molecule has 1 heterocycles. The van der Waals surface area contributed by atoms with Crippen molar-refractivity contribution in [2.45, 2.75) is 58.5 Å². The Morgan fingerprint density at radius 2 is 1.93 bits per heavy atom. The first-order chi connectivity index (χ1) is 13.9. The Kier molecular flexibility index (Phi) is 7.03. The molecule has 2 N–H and O–H groups in total. The highest BCUT2D eigenvalue weighted by atomic mass is 32.1. The highest BCUT2D eigenvalue weighted by Crippen LogP contribution is 2.38. The highest BCUT2D eigenvalue weighted by molar-refractivity contribution is 7.17. The average Bonchev–Trinajstić information content (AvgIpc) is 3.06. The number of aryl methyl sites for hydroxylation is 1. The van der Waals surface area contributed by atoms with Crippen LogP contribution in [-0.2, 0) is 22.4 Å². The normalized spacial score (nSPS) is 15.3. The number of nitrogens with one attached hydrogen (secondary N) is 2. The molecule has 1 amide bonds. The molecule has 0 bridgehead atoms. The van der Waals surface area contributed by atoms with E-state index in [1.54, 1.807) is 32.0 Å². The lowest BCUT2D eigenvalue weighted by Gasteiger charge is -2.20. The maximum absolute atomic E-state index is 14.0. The van der Waals surface area contributed by atoms with E-state index in [2.05, 4.69) is 10.6 Å². The van der Waals surface area contributed by atoms with Crippen molar-refractivity contribution in [3.63, 3.8) is 0 Å². The molecule has 0 aliphatic heterocycles. The molecule has 0 radical (unpaired) electrons. The van der Waals surface area contributed by atoms with E-state index in [0.29, 0.717) is 16.1 Å². The van der Waals surface area contributed by atoms with E-state index in [-0.39, 0.29) is 30.3 Å². The second-order valence-electron chi connectivity index (χ2n) is 7.26. The number of carbonyl (C=O) groups excluding carboxylic acids is 2. The van der Waals surface area contributed by atoms with E-state index in [0.717, 1.165) is 36.1 Å². The number of benzene rings is 1. The van der Waals surface area contributed by atoms with Crippen LogP contribution in [0.2, 0.25) is 0 Å². The minimum Gasteiger partial charge on any atom is -0.462 e. The molecule has 2 aromatic rings. The Morgan fingerprint density at radius 3 is 2.66 bits per heavy atom. The fourth-order valence-corrected chi connectivity index (χ4v) is 4.94. The van der Waals surface area contributed by atoms with Gasteiger partial charge >= 0.3 is 5.97 Å². The van der Waals surface area contributed by atoms with Gasteiger partial charge in [-0.1, -0.05) is 18.2 Å². The second kappa shape index (κ2) is 9.50. The van der Waals surface area contributed by atoms with Crippen molar-refractivity contribution in [3.05, 3.63) is 51.7 Å². The van der Waals surface area contributed by atoms with Gasteiger partial charge in [-0.3, -0.25) is 10.1 Å².